The molecule has 9 heteroatoms. The Balaban J connectivity index is 2.41. The van der Waals surface area contributed by atoms with E-state index >= 15 is 0 Å². The molecule has 1 aliphatic heterocycles. The number of hydrazone groups is 1. The fourth-order valence-electron chi connectivity index (χ4n) is 2.04. The van der Waals surface area contributed by atoms with E-state index in [-0.39, 0.29) is 30.0 Å². The third-order valence-electron chi connectivity index (χ3n) is 3.07. The van der Waals surface area contributed by atoms with Gasteiger partial charge in [0, 0.05) is 29.1 Å². The lowest BCUT2D eigenvalue weighted by atomic mass is 9.97. The molecule has 124 valence electrons. The van der Waals surface area contributed by atoms with Gasteiger partial charge in [-0.15, -0.1) is 0 Å². The molecule has 1 aliphatic rings. The maximum atomic E-state index is 13.3. The number of halogens is 4. The van der Waals surface area contributed by atoms with E-state index in [0.717, 1.165) is 12.4 Å². The highest BCUT2D eigenvalue weighted by molar-refractivity contribution is 6.09. The monoisotopic (exact) mass is 330 g/mol. The lowest BCUT2D eigenvalue weighted by Crippen LogP contribution is -2.26. The minimum Gasteiger partial charge on any atom is -0.353 e. The van der Waals surface area contributed by atoms with Gasteiger partial charge in [-0.05, 0) is 11.6 Å². The van der Waals surface area contributed by atoms with E-state index in [0.29, 0.717) is 11.3 Å². The van der Waals surface area contributed by atoms with Crippen LogP contribution in [0.2, 0.25) is 0 Å². The lowest BCUT2D eigenvalue weighted by Gasteiger charge is -2.16. The Bertz CT molecular complexity index is 631. The number of ether oxygens (including phenoxy) is 1. The second-order valence-electron chi connectivity index (χ2n) is 4.52. The second kappa shape index (κ2) is 7.73. The fourth-order valence-corrected chi connectivity index (χ4v) is 2.04. The van der Waals surface area contributed by atoms with Crippen molar-refractivity contribution in [3.05, 3.63) is 41.1 Å². The summed E-state index contributed by atoms with van der Waals surface area (Å²) in [7, 11) is 0. The number of hydrogen-bond donors (Lipinski definition) is 3. The van der Waals surface area contributed by atoms with Crippen molar-refractivity contribution < 1.29 is 22.3 Å². The summed E-state index contributed by atoms with van der Waals surface area (Å²) < 4.78 is 56.2. The summed E-state index contributed by atoms with van der Waals surface area (Å²) in [5, 5.41) is 12.9. The number of alkyl halides is 4. The average Bonchev–Trinajstić information content (AvgIpc) is 2.56. The summed E-state index contributed by atoms with van der Waals surface area (Å²) in [6.07, 6.45) is -1.27. The molecule has 0 saturated carbocycles. The number of nitrogens with zero attached hydrogens (tertiary/aromatic N) is 1. The first kappa shape index (κ1) is 16.9. The predicted molar refractivity (Wildman–Crippen MR) is 77.8 cm³/mol. The highest BCUT2D eigenvalue weighted by atomic mass is 19.3. The quantitative estimate of drug-likeness (QED) is 0.427. The van der Waals surface area contributed by atoms with Gasteiger partial charge >= 0.3 is 6.55 Å². The van der Waals surface area contributed by atoms with Crippen LogP contribution in [0, 0.1) is 5.41 Å². The maximum absolute atomic E-state index is 13.3. The highest BCUT2D eigenvalue weighted by Crippen LogP contribution is 2.29. The summed E-state index contributed by atoms with van der Waals surface area (Å²) in [4.78, 5) is 0. The Labute approximate surface area is 129 Å². The van der Waals surface area contributed by atoms with E-state index in [1.165, 1.54) is 18.2 Å². The van der Waals surface area contributed by atoms with Gasteiger partial charge in [-0.25, -0.2) is 8.78 Å². The van der Waals surface area contributed by atoms with Crippen LogP contribution in [-0.4, -0.2) is 31.8 Å². The lowest BCUT2D eigenvalue weighted by molar-refractivity contribution is 0.125. The first-order chi connectivity index (χ1) is 11.0. The minimum atomic E-state index is -2.85. The average molecular weight is 330 g/mol. The predicted octanol–water partition coefficient (Wildman–Crippen LogP) is 2.71. The van der Waals surface area contributed by atoms with Crippen molar-refractivity contribution in [3.8, 4) is 0 Å². The van der Waals surface area contributed by atoms with Crippen molar-refractivity contribution in [2.45, 2.75) is 13.0 Å². The van der Waals surface area contributed by atoms with Crippen molar-refractivity contribution in [1.29, 1.82) is 5.41 Å². The Morgan fingerprint density at radius 2 is 2.13 bits per heavy atom. The number of allylic oxidation sites excluding steroid dienone is 1. The molecule has 3 N–H and O–H groups in total. The van der Waals surface area contributed by atoms with Crippen LogP contribution in [-0.2, 0) is 4.74 Å². The summed E-state index contributed by atoms with van der Waals surface area (Å²) in [6, 6.07) is 4.09. The largest absolute Gasteiger partial charge is 0.353 e. The van der Waals surface area contributed by atoms with Gasteiger partial charge in [0.05, 0.1) is 12.3 Å². The summed E-state index contributed by atoms with van der Waals surface area (Å²) in [5.41, 5.74) is 3.03. The molecule has 0 aromatic heterocycles. The van der Waals surface area contributed by atoms with Gasteiger partial charge < -0.3 is 15.5 Å². The van der Waals surface area contributed by atoms with Crippen LogP contribution in [0.4, 0.5) is 17.6 Å². The van der Waals surface area contributed by atoms with Crippen LogP contribution in [0.5, 0.6) is 0 Å². The van der Waals surface area contributed by atoms with Crippen molar-refractivity contribution >= 4 is 17.5 Å². The van der Waals surface area contributed by atoms with E-state index in [9.17, 15) is 17.6 Å². The first-order valence-corrected chi connectivity index (χ1v) is 6.57. The Morgan fingerprint density at radius 3 is 2.70 bits per heavy atom. The van der Waals surface area contributed by atoms with E-state index < -0.39 is 13.0 Å². The number of benzene rings is 1. The molecule has 0 bridgehead atoms. The van der Waals surface area contributed by atoms with Crippen LogP contribution < -0.4 is 10.7 Å². The van der Waals surface area contributed by atoms with E-state index in [4.69, 9.17) is 10.1 Å². The van der Waals surface area contributed by atoms with Gasteiger partial charge in [-0.2, -0.15) is 13.9 Å². The molecule has 0 fully saturated rings. The summed E-state index contributed by atoms with van der Waals surface area (Å²) in [5.74, 6) is 0. The molecule has 0 atom stereocenters. The molecule has 1 aromatic carbocycles. The molecule has 1 aromatic rings. The zero-order chi connectivity index (χ0) is 16.8. The summed E-state index contributed by atoms with van der Waals surface area (Å²) in [6.45, 7) is -2.43. The summed E-state index contributed by atoms with van der Waals surface area (Å²) >= 11 is 0. The first-order valence-electron chi connectivity index (χ1n) is 6.57. The standard InChI is InChI=1S/C14H14F4N4O/c15-13(16)11-3-8(12-6-23-7-21-22-12)1-2-10(11)9(4-19)5-20-14(17)18/h1-5,13-14,19-21H,6-7H2/b9-5+,19-4?. The van der Waals surface area contributed by atoms with Crippen LogP contribution in [0.1, 0.15) is 23.1 Å². The third-order valence-corrected chi connectivity index (χ3v) is 3.07. The molecule has 1 heterocycles. The van der Waals surface area contributed by atoms with Gasteiger partial charge in [0.2, 0.25) is 0 Å². The second-order valence-corrected chi connectivity index (χ2v) is 4.52. The van der Waals surface area contributed by atoms with Crippen LogP contribution in [0.25, 0.3) is 5.57 Å². The van der Waals surface area contributed by atoms with Gasteiger partial charge in [0.25, 0.3) is 6.43 Å². The minimum absolute atomic E-state index is 0.00260. The molecular weight excluding hydrogens is 316 g/mol. The molecule has 23 heavy (non-hydrogen) atoms. The zero-order valence-electron chi connectivity index (χ0n) is 11.8. The Morgan fingerprint density at radius 1 is 1.35 bits per heavy atom. The normalized spacial score (nSPS) is 15.4. The van der Waals surface area contributed by atoms with Gasteiger partial charge in [-0.3, -0.25) is 5.43 Å². The zero-order valence-corrected chi connectivity index (χ0v) is 11.8. The number of hydrogen-bond acceptors (Lipinski definition) is 5. The smallest absolute Gasteiger partial charge is 0.312 e. The number of nitrogens with one attached hydrogen (secondary N) is 3. The molecule has 5 nitrogen and oxygen atoms in total. The molecule has 0 unspecified atom stereocenters. The molecular formula is C14H14F4N4O. The number of rotatable bonds is 6. The highest BCUT2D eigenvalue weighted by Gasteiger charge is 2.18. The van der Waals surface area contributed by atoms with Crippen LogP contribution >= 0.6 is 0 Å². The SMILES string of the molecule is N=C/C(=C\NC(F)F)c1ccc(C2=NNCOC2)cc1C(F)F. The van der Waals surface area contributed by atoms with E-state index in [1.807, 2.05) is 0 Å². The molecule has 0 amide bonds. The van der Waals surface area contributed by atoms with Crippen molar-refractivity contribution in [2.75, 3.05) is 13.3 Å². The maximum Gasteiger partial charge on any atom is 0.312 e. The van der Waals surface area contributed by atoms with Crippen molar-refractivity contribution in [3.63, 3.8) is 0 Å². The van der Waals surface area contributed by atoms with E-state index in [2.05, 4.69) is 10.5 Å². The van der Waals surface area contributed by atoms with Crippen molar-refractivity contribution in [2.24, 2.45) is 5.10 Å². The third kappa shape index (κ3) is 4.28. The molecule has 0 radical (unpaired) electrons. The van der Waals surface area contributed by atoms with E-state index in [1.54, 1.807) is 5.32 Å². The topological polar surface area (TPSA) is 69.5 Å². The molecule has 0 spiro atoms. The molecule has 0 aliphatic carbocycles. The Kier molecular flexibility index (Phi) is 5.69. The van der Waals surface area contributed by atoms with Crippen molar-refractivity contribution in [1.82, 2.24) is 10.7 Å². The molecule has 0 saturated heterocycles. The molecule has 2 rings (SSSR count). The van der Waals surface area contributed by atoms with Crippen LogP contribution in [0.3, 0.4) is 0 Å². The fraction of sp³-hybridized carbons (Fsp3) is 0.286. The van der Waals surface area contributed by atoms with Gasteiger partial charge in [-0.1, -0.05) is 12.1 Å². The Hall–Kier alpha value is -2.42. The van der Waals surface area contributed by atoms with Gasteiger partial charge in [0.1, 0.15) is 6.73 Å². The van der Waals surface area contributed by atoms with Crippen LogP contribution in [0.15, 0.2) is 29.5 Å². The van der Waals surface area contributed by atoms with Gasteiger partial charge in [0.15, 0.2) is 0 Å².